The number of rotatable bonds is 8. The number of benzene rings is 2. The molecule has 0 saturated carbocycles. The summed E-state index contributed by atoms with van der Waals surface area (Å²) in [5.41, 5.74) is 1.95. The Hall–Kier alpha value is -2.78. The number of likely N-dealkylation sites (N-methyl/N-ethyl adjacent to an activating group) is 1. The van der Waals surface area contributed by atoms with Gasteiger partial charge in [-0.1, -0.05) is 23.4 Å². The number of hydrogen-bond acceptors (Lipinski definition) is 6. The Morgan fingerprint density at radius 2 is 1.90 bits per heavy atom. The van der Waals surface area contributed by atoms with Crippen LogP contribution in [-0.4, -0.2) is 36.5 Å². The summed E-state index contributed by atoms with van der Waals surface area (Å²) >= 11 is 0. The Bertz CT molecular complexity index is 1100. The lowest BCUT2D eigenvalue weighted by Gasteiger charge is -2.17. The zero-order valence-corrected chi connectivity index (χ0v) is 17.2. The number of nitrogens with zero attached hydrogens (tertiary/aromatic N) is 3. The zero-order chi connectivity index (χ0) is 21.0. The summed E-state index contributed by atoms with van der Waals surface area (Å²) in [6, 6.07) is 11.1. The Morgan fingerprint density at radius 3 is 2.62 bits per heavy atom. The summed E-state index contributed by atoms with van der Waals surface area (Å²) in [5.74, 6) is 0.138. The third-order valence-corrected chi connectivity index (χ3v) is 6.39. The van der Waals surface area contributed by atoms with Crippen LogP contribution in [0.15, 0.2) is 51.9 Å². The fourth-order valence-electron chi connectivity index (χ4n) is 2.58. The molecule has 0 aliphatic rings. The lowest BCUT2D eigenvalue weighted by atomic mass is 10.1. The third-order valence-electron chi connectivity index (χ3n) is 4.53. The molecule has 0 amide bonds. The summed E-state index contributed by atoms with van der Waals surface area (Å²) in [7, 11) is -2.11. The first-order valence-electron chi connectivity index (χ1n) is 9.00. The van der Waals surface area contributed by atoms with E-state index in [9.17, 15) is 12.8 Å². The van der Waals surface area contributed by atoms with Crippen molar-refractivity contribution in [2.75, 3.05) is 13.6 Å². The molecule has 7 nitrogen and oxygen atoms in total. The minimum Gasteiger partial charge on any atom is -0.481 e. The average molecular weight is 419 g/mol. The minimum absolute atomic E-state index is 0.0787. The molecule has 0 aliphatic heterocycles. The van der Waals surface area contributed by atoms with E-state index in [4.69, 9.17) is 9.26 Å². The summed E-state index contributed by atoms with van der Waals surface area (Å²) in [6.07, 6.45) is 0.268. The van der Waals surface area contributed by atoms with Gasteiger partial charge in [0.1, 0.15) is 0 Å². The van der Waals surface area contributed by atoms with Gasteiger partial charge in [-0.15, -0.1) is 0 Å². The summed E-state index contributed by atoms with van der Waals surface area (Å²) < 4.78 is 50.6. The third kappa shape index (κ3) is 4.99. The number of ether oxygens (including phenoxy) is 1. The van der Waals surface area contributed by atoms with Gasteiger partial charge in [-0.3, -0.25) is 0 Å². The molecule has 29 heavy (non-hydrogen) atoms. The smallest absolute Gasteiger partial charge is 0.264 e. The van der Waals surface area contributed by atoms with E-state index in [0.717, 1.165) is 11.1 Å². The maximum atomic E-state index is 13.6. The largest absolute Gasteiger partial charge is 0.481 e. The molecule has 0 N–H and O–H groups in total. The topological polar surface area (TPSA) is 85.5 Å². The van der Waals surface area contributed by atoms with Crippen molar-refractivity contribution in [3.8, 4) is 5.75 Å². The van der Waals surface area contributed by atoms with Crippen molar-refractivity contribution in [1.29, 1.82) is 0 Å². The number of sulfonamides is 1. The maximum absolute atomic E-state index is 13.6. The van der Waals surface area contributed by atoms with Crippen molar-refractivity contribution in [3.63, 3.8) is 0 Å². The highest BCUT2D eigenvalue weighted by atomic mass is 32.2. The van der Waals surface area contributed by atoms with Crippen molar-refractivity contribution >= 4 is 10.0 Å². The van der Waals surface area contributed by atoms with Gasteiger partial charge in [0.05, 0.1) is 4.90 Å². The SMILES string of the molecule is Cc1ccc(S(=O)(=O)N(C)CCc2noc(COc3ccccc3F)n2)cc1C. The van der Waals surface area contributed by atoms with E-state index in [0.29, 0.717) is 5.82 Å². The Labute approximate surface area is 169 Å². The van der Waals surface area contributed by atoms with Crippen LogP contribution >= 0.6 is 0 Å². The predicted molar refractivity (Wildman–Crippen MR) is 104 cm³/mol. The van der Waals surface area contributed by atoms with Gasteiger partial charge in [-0.05, 0) is 49.2 Å². The van der Waals surface area contributed by atoms with Crippen LogP contribution in [-0.2, 0) is 23.1 Å². The molecule has 9 heteroatoms. The predicted octanol–water partition coefficient (Wildman–Crippen LogP) is 3.27. The highest BCUT2D eigenvalue weighted by molar-refractivity contribution is 7.89. The molecular formula is C20H22FN3O4S. The van der Waals surface area contributed by atoms with Gasteiger partial charge >= 0.3 is 0 Å². The van der Waals surface area contributed by atoms with Gasteiger partial charge in [0.2, 0.25) is 10.0 Å². The van der Waals surface area contributed by atoms with Crippen LogP contribution in [0.5, 0.6) is 5.75 Å². The molecule has 2 aromatic carbocycles. The second-order valence-corrected chi connectivity index (χ2v) is 8.69. The number of halogens is 1. The van der Waals surface area contributed by atoms with Gasteiger partial charge in [-0.2, -0.15) is 4.98 Å². The van der Waals surface area contributed by atoms with Crippen LogP contribution in [0.2, 0.25) is 0 Å². The lowest BCUT2D eigenvalue weighted by molar-refractivity contribution is 0.234. The zero-order valence-electron chi connectivity index (χ0n) is 16.4. The standard InChI is InChI=1S/C20H22FN3O4S/c1-14-8-9-16(12-15(14)2)29(25,26)24(3)11-10-19-22-20(28-23-19)13-27-18-7-5-4-6-17(18)21/h4-9,12H,10-11,13H2,1-3H3. The van der Waals surface area contributed by atoms with E-state index in [1.165, 1.54) is 23.5 Å². The molecule has 3 rings (SSSR count). The molecule has 0 atom stereocenters. The van der Waals surface area contributed by atoms with E-state index in [-0.39, 0.29) is 36.1 Å². The first-order chi connectivity index (χ1) is 13.8. The summed E-state index contributed by atoms with van der Waals surface area (Å²) in [6.45, 7) is 3.91. The van der Waals surface area contributed by atoms with E-state index >= 15 is 0 Å². The molecule has 0 spiro atoms. The van der Waals surface area contributed by atoms with Crippen LogP contribution < -0.4 is 4.74 Å². The van der Waals surface area contributed by atoms with E-state index in [1.807, 2.05) is 13.8 Å². The summed E-state index contributed by atoms with van der Waals surface area (Å²) in [4.78, 5) is 4.41. The monoisotopic (exact) mass is 419 g/mol. The second-order valence-electron chi connectivity index (χ2n) is 6.65. The van der Waals surface area contributed by atoms with Crippen LogP contribution in [0.4, 0.5) is 4.39 Å². The van der Waals surface area contributed by atoms with E-state index < -0.39 is 15.8 Å². The normalized spacial score (nSPS) is 11.8. The van der Waals surface area contributed by atoms with Gasteiger partial charge in [0.25, 0.3) is 5.89 Å². The molecule has 3 aromatic rings. The van der Waals surface area contributed by atoms with Crippen molar-refractivity contribution in [3.05, 3.63) is 71.1 Å². The first-order valence-corrected chi connectivity index (χ1v) is 10.4. The second kappa shape index (κ2) is 8.71. The molecule has 0 bridgehead atoms. The fourth-order valence-corrected chi connectivity index (χ4v) is 3.84. The van der Waals surface area contributed by atoms with Crippen molar-refractivity contribution < 1.29 is 22.1 Å². The Kier molecular flexibility index (Phi) is 6.29. The molecule has 0 aliphatic carbocycles. The quantitative estimate of drug-likeness (QED) is 0.557. The van der Waals surface area contributed by atoms with Crippen LogP contribution in [0.1, 0.15) is 22.8 Å². The number of hydrogen-bond donors (Lipinski definition) is 0. The van der Waals surface area contributed by atoms with Gasteiger partial charge in [-0.25, -0.2) is 17.1 Å². The lowest BCUT2D eigenvalue weighted by Crippen LogP contribution is -2.29. The molecule has 1 aromatic heterocycles. The maximum Gasteiger partial charge on any atom is 0.264 e. The fraction of sp³-hybridized carbons (Fsp3) is 0.300. The molecule has 0 saturated heterocycles. The highest BCUT2D eigenvalue weighted by Gasteiger charge is 2.21. The van der Waals surface area contributed by atoms with Gasteiger partial charge < -0.3 is 9.26 Å². The van der Waals surface area contributed by atoms with Crippen LogP contribution in [0.3, 0.4) is 0 Å². The summed E-state index contributed by atoms with van der Waals surface area (Å²) in [5, 5.41) is 3.82. The van der Waals surface area contributed by atoms with Crippen LogP contribution in [0, 0.1) is 19.7 Å². The van der Waals surface area contributed by atoms with Crippen molar-refractivity contribution in [2.24, 2.45) is 0 Å². The number of aryl methyl sites for hydroxylation is 2. The van der Waals surface area contributed by atoms with Gasteiger partial charge in [0.15, 0.2) is 24.0 Å². The molecule has 1 heterocycles. The molecule has 0 fully saturated rings. The highest BCUT2D eigenvalue weighted by Crippen LogP contribution is 2.19. The molecular weight excluding hydrogens is 397 g/mol. The van der Waals surface area contributed by atoms with Crippen molar-refractivity contribution in [1.82, 2.24) is 14.4 Å². The Morgan fingerprint density at radius 1 is 1.14 bits per heavy atom. The average Bonchev–Trinajstić information content (AvgIpc) is 3.15. The van der Waals surface area contributed by atoms with Crippen LogP contribution in [0.25, 0.3) is 0 Å². The molecule has 0 radical (unpaired) electrons. The molecule has 0 unspecified atom stereocenters. The Balaban J connectivity index is 1.58. The number of para-hydroxylation sites is 1. The van der Waals surface area contributed by atoms with E-state index in [2.05, 4.69) is 10.1 Å². The van der Waals surface area contributed by atoms with Gasteiger partial charge in [0, 0.05) is 20.0 Å². The number of aromatic nitrogens is 2. The molecule has 154 valence electrons. The minimum atomic E-state index is -3.61. The van der Waals surface area contributed by atoms with E-state index in [1.54, 1.807) is 30.3 Å². The first kappa shape index (κ1) is 20.9. The van der Waals surface area contributed by atoms with Crippen molar-refractivity contribution in [2.45, 2.75) is 31.8 Å².